The van der Waals surface area contributed by atoms with Gasteiger partial charge in [-0.25, -0.2) is 0 Å². The van der Waals surface area contributed by atoms with Gasteiger partial charge in [0.05, 0.1) is 31.3 Å². The summed E-state index contributed by atoms with van der Waals surface area (Å²) in [6.45, 7) is 4.63. The van der Waals surface area contributed by atoms with Crippen molar-refractivity contribution in [3.05, 3.63) is 78.1 Å². The zero-order valence-electron chi connectivity index (χ0n) is 28.8. The topological polar surface area (TPSA) is 123 Å². The number of fused-ring (bicyclic) bond motifs is 2. The minimum Gasteiger partial charge on any atom is -0.496 e. The van der Waals surface area contributed by atoms with E-state index in [0.717, 1.165) is 41.2 Å². The smallest absolute Gasteiger partial charge is 0.496 e. The van der Waals surface area contributed by atoms with Gasteiger partial charge in [0.1, 0.15) is 17.2 Å². The first-order valence-electron chi connectivity index (χ1n) is 15.4. The maximum absolute atomic E-state index is 13.7. The van der Waals surface area contributed by atoms with Crippen molar-refractivity contribution in [2.24, 2.45) is 0 Å². The Bertz CT molecular complexity index is 2230. The predicted octanol–water partition coefficient (Wildman–Crippen LogP) is 8.69. The monoisotopic (exact) mass is 796 g/mol. The highest BCUT2D eigenvalue weighted by molar-refractivity contribution is 5.69. The molecule has 55 heavy (non-hydrogen) atoms. The van der Waals surface area contributed by atoms with E-state index in [1.54, 1.807) is 0 Å². The van der Waals surface area contributed by atoms with Crippen molar-refractivity contribution >= 4 is 11.3 Å². The van der Waals surface area contributed by atoms with Crippen molar-refractivity contribution in [1.29, 1.82) is 0 Å². The number of hydrogen-bond acceptors (Lipinski definition) is 10. The molecule has 0 saturated heterocycles. The Morgan fingerprint density at radius 1 is 0.655 bits per heavy atom. The van der Waals surface area contributed by atoms with Crippen LogP contribution in [-0.4, -0.2) is 66.3 Å². The fraction of sp³-hybridized carbons (Fsp3) is 0.312. The van der Waals surface area contributed by atoms with E-state index in [-0.39, 0.29) is 40.6 Å². The molecule has 0 radical (unpaired) electrons. The minimum atomic E-state index is -4.90. The highest BCUT2D eigenvalue weighted by atomic mass is 19.4. The molecule has 6 rings (SSSR count). The van der Waals surface area contributed by atoms with E-state index < -0.39 is 48.0 Å². The second-order valence-electron chi connectivity index (χ2n) is 10.6. The van der Waals surface area contributed by atoms with Crippen molar-refractivity contribution in [3.63, 3.8) is 0 Å². The van der Waals surface area contributed by atoms with E-state index in [0.29, 0.717) is 22.5 Å². The SMILES string of the molecule is CC.COCc1cc(OC(F)(F)F)ccc1-c1ccc2nnc(C(C)(F)F)n2n1.COc1cc(OC(F)(F)F)ccc1-c1cn2c(C(F)(F)F)nnc2cn1. The fourth-order valence-electron chi connectivity index (χ4n) is 4.71. The minimum absolute atomic E-state index is 0.0122. The molecule has 0 fully saturated rings. The second-order valence-corrected chi connectivity index (χ2v) is 10.6. The predicted molar refractivity (Wildman–Crippen MR) is 169 cm³/mol. The number of alkyl halides is 11. The highest BCUT2D eigenvalue weighted by Crippen LogP contribution is 2.36. The summed E-state index contributed by atoms with van der Waals surface area (Å²) in [6, 6.07) is 9.67. The van der Waals surface area contributed by atoms with Gasteiger partial charge in [0.2, 0.25) is 11.6 Å². The molecule has 2 aromatic carbocycles. The molecule has 0 amide bonds. The Kier molecular flexibility index (Phi) is 12.4. The van der Waals surface area contributed by atoms with Crippen LogP contribution in [0.1, 0.15) is 38.0 Å². The van der Waals surface area contributed by atoms with Crippen molar-refractivity contribution in [2.45, 2.75) is 52.2 Å². The van der Waals surface area contributed by atoms with Crippen LogP contribution in [0.2, 0.25) is 0 Å². The van der Waals surface area contributed by atoms with E-state index >= 15 is 0 Å². The fourth-order valence-corrected chi connectivity index (χ4v) is 4.71. The summed E-state index contributed by atoms with van der Waals surface area (Å²) in [4.78, 5) is 3.95. The van der Waals surface area contributed by atoms with Crippen LogP contribution in [0.3, 0.4) is 0 Å². The molecule has 23 heteroatoms. The Morgan fingerprint density at radius 3 is 1.80 bits per heavy atom. The van der Waals surface area contributed by atoms with Crippen LogP contribution in [0.4, 0.5) is 48.3 Å². The molecule has 0 spiro atoms. The van der Waals surface area contributed by atoms with Gasteiger partial charge in [-0.3, -0.25) is 9.38 Å². The third-order valence-electron chi connectivity index (χ3n) is 6.77. The van der Waals surface area contributed by atoms with E-state index in [1.807, 2.05) is 13.8 Å². The van der Waals surface area contributed by atoms with E-state index in [2.05, 4.69) is 40.0 Å². The molecule has 0 atom stereocenters. The third-order valence-corrected chi connectivity index (χ3v) is 6.77. The summed E-state index contributed by atoms with van der Waals surface area (Å²) in [5.74, 6) is -6.22. The summed E-state index contributed by atoms with van der Waals surface area (Å²) in [6.07, 6.45) is -12.4. The molecule has 0 aliphatic rings. The Labute approximate surface area is 302 Å². The molecule has 296 valence electrons. The van der Waals surface area contributed by atoms with Gasteiger partial charge in [-0.05, 0) is 48.0 Å². The largest absolute Gasteiger partial charge is 0.573 e. The van der Waals surface area contributed by atoms with Crippen molar-refractivity contribution < 1.29 is 67.2 Å². The normalized spacial score (nSPS) is 12.1. The molecule has 4 aromatic heterocycles. The van der Waals surface area contributed by atoms with Gasteiger partial charge in [-0.1, -0.05) is 13.8 Å². The Balaban J connectivity index is 0.000000234. The first-order valence-corrected chi connectivity index (χ1v) is 15.4. The van der Waals surface area contributed by atoms with Crippen LogP contribution >= 0.6 is 0 Å². The van der Waals surface area contributed by atoms with Crippen LogP contribution < -0.4 is 14.2 Å². The molecule has 6 aromatic rings. The van der Waals surface area contributed by atoms with E-state index in [1.165, 1.54) is 38.5 Å². The average molecular weight is 797 g/mol. The van der Waals surface area contributed by atoms with Crippen LogP contribution in [0.15, 0.2) is 60.9 Å². The number of nitrogens with zero attached hydrogens (tertiary/aromatic N) is 8. The van der Waals surface area contributed by atoms with Gasteiger partial charge in [-0.15, -0.1) is 46.7 Å². The second kappa shape index (κ2) is 16.2. The first kappa shape index (κ1) is 41.9. The first-order chi connectivity index (χ1) is 25.7. The molecule has 0 N–H and O–H groups in total. The van der Waals surface area contributed by atoms with Gasteiger partial charge in [0, 0.05) is 37.4 Å². The number of halogens is 11. The molecule has 0 saturated carbocycles. The Morgan fingerprint density at radius 2 is 1.24 bits per heavy atom. The number of aromatic nitrogens is 8. The number of methoxy groups -OCH3 is 2. The van der Waals surface area contributed by atoms with Gasteiger partial charge in [-0.2, -0.15) is 31.6 Å². The number of rotatable bonds is 8. The molecule has 0 aliphatic carbocycles. The lowest BCUT2D eigenvalue weighted by molar-refractivity contribution is -0.275. The van der Waals surface area contributed by atoms with Crippen molar-refractivity contribution in [1.82, 2.24) is 39.4 Å². The standard InChI is InChI=1S/C16H13F5N4O2.C14H8F6N4O2.C2H6/c1-15(17,18)14-23-22-13-6-5-12(24-25(13)14)11-4-3-10(27-16(19,20)21)7-9(11)8-26-2;1-25-10-4-7(26-14(18,19)20)2-3-8(10)9-6-24-11(5-21-9)22-23-12(24)13(15,16)17;1-2/h3-7H,8H2,1-2H3;2-6H,1H3;1-2H3. The molecule has 4 heterocycles. The van der Waals surface area contributed by atoms with E-state index in [4.69, 9.17) is 9.47 Å². The van der Waals surface area contributed by atoms with Crippen LogP contribution in [-0.2, 0) is 23.4 Å². The van der Waals surface area contributed by atoms with Gasteiger partial charge in [0.25, 0.3) is 0 Å². The van der Waals surface area contributed by atoms with Crippen LogP contribution in [0.5, 0.6) is 17.2 Å². The molecule has 0 bridgehead atoms. The average Bonchev–Trinajstić information content (AvgIpc) is 3.73. The molecule has 0 aliphatic heterocycles. The maximum Gasteiger partial charge on any atom is 0.573 e. The molecule has 12 nitrogen and oxygen atoms in total. The van der Waals surface area contributed by atoms with E-state index in [9.17, 15) is 48.3 Å². The zero-order valence-corrected chi connectivity index (χ0v) is 28.8. The lowest BCUT2D eigenvalue weighted by Crippen LogP contribution is -2.17. The summed E-state index contributed by atoms with van der Waals surface area (Å²) in [7, 11) is 2.56. The summed E-state index contributed by atoms with van der Waals surface area (Å²) in [5, 5.41) is 17.6. The Hall–Kier alpha value is -5.87. The summed E-state index contributed by atoms with van der Waals surface area (Å²) in [5.41, 5.74) is 1.11. The summed E-state index contributed by atoms with van der Waals surface area (Å²) < 4.78 is 160. The highest BCUT2D eigenvalue weighted by Gasteiger charge is 2.37. The lowest BCUT2D eigenvalue weighted by atomic mass is 10.0. The lowest BCUT2D eigenvalue weighted by Gasteiger charge is -2.14. The van der Waals surface area contributed by atoms with Crippen molar-refractivity contribution in [3.8, 4) is 39.8 Å². The quantitative estimate of drug-likeness (QED) is 0.138. The molecular formula is C32H27F11N8O4. The molecular weight excluding hydrogens is 769 g/mol. The zero-order chi connectivity index (χ0) is 40.9. The van der Waals surface area contributed by atoms with Gasteiger partial charge in [0.15, 0.2) is 11.3 Å². The maximum atomic E-state index is 13.7. The van der Waals surface area contributed by atoms with Crippen LogP contribution in [0, 0.1) is 0 Å². The number of benzene rings is 2. The third kappa shape index (κ3) is 10.4. The number of hydrogen-bond donors (Lipinski definition) is 0. The van der Waals surface area contributed by atoms with Crippen LogP contribution in [0.25, 0.3) is 33.8 Å². The molecule has 0 unspecified atom stereocenters. The van der Waals surface area contributed by atoms with Gasteiger partial charge >= 0.3 is 24.8 Å². The van der Waals surface area contributed by atoms with Gasteiger partial charge < -0.3 is 18.9 Å². The number of ether oxygens (including phenoxy) is 4. The van der Waals surface area contributed by atoms with Crippen molar-refractivity contribution in [2.75, 3.05) is 14.2 Å². The summed E-state index contributed by atoms with van der Waals surface area (Å²) >= 11 is 0.